The van der Waals surface area contributed by atoms with Crippen molar-refractivity contribution in [3.63, 3.8) is 0 Å². The smallest absolute Gasteiger partial charge is 0.231 e. The number of carbonyl (C=O) groups is 1. The molecule has 2 fully saturated rings. The number of piperidine rings is 1. The zero-order valence-corrected chi connectivity index (χ0v) is 18.6. The average Bonchev–Trinajstić information content (AvgIpc) is 3.45. The Morgan fingerprint density at radius 2 is 2.00 bits per heavy atom. The van der Waals surface area contributed by atoms with Crippen LogP contribution in [0.3, 0.4) is 0 Å². The number of hydrogen-bond donors (Lipinski definition) is 1. The summed E-state index contributed by atoms with van der Waals surface area (Å²) in [6, 6.07) is 6.25. The summed E-state index contributed by atoms with van der Waals surface area (Å²) in [4.78, 5) is 24.5. The van der Waals surface area contributed by atoms with E-state index < -0.39 is 0 Å². The second kappa shape index (κ2) is 8.50. The van der Waals surface area contributed by atoms with Crippen LogP contribution in [-0.2, 0) is 11.2 Å². The first kappa shape index (κ1) is 20.3. The van der Waals surface area contributed by atoms with Crippen LogP contribution in [0.2, 0.25) is 5.02 Å². The van der Waals surface area contributed by atoms with E-state index in [4.69, 9.17) is 11.6 Å². The third-order valence-corrected chi connectivity index (χ3v) is 6.90. The second-order valence-electron chi connectivity index (χ2n) is 8.86. The monoisotopic (exact) mass is 437 g/mol. The van der Waals surface area contributed by atoms with E-state index in [2.05, 4.69) is 38.4 Å². The Hall–Kier alpha value is -2.60. The van der Waals surface area contributed by atoms with Crippen molar-refractivity contribution >= 4 is 34.8 Å². The van der Waals surface area contributed by atoms with Gasteiger partial charge in [0.2, 0.25) is 11.9 Å². The maximum atomic E-state index is 11.8. The molecule has 1 aromatic heterocycles. The van der Waals surface area contributed by atoms with E-state index in [0.717, 1.165) is 61.3 Å². The molecule has 1 N–H and O–H groups in total. The number of rotatable bonds is 6. The number of fused-ring (bicyclic) bond motifs is 1. The quantitative estimate of drug-likeness (QED) is 0.682. The molecule has 7 heteroatoms. The number of benzene rings is 1. The lowest BCUT2D eigenvalue weighted by molar-refractivity contribution is -0.117. The molecule has 31 heavy (non-hydrogen) atoms. The van der Waals surface area contributed by atoms with Gasteiger partial charge in [0.1, 0.15) is 0 Å². The molecule has 1 atom stereocenters. The lowest BCUT2D eigenvalue weighted by Gasteiger charge is -2.30. The summed E-state index contributed by atoms with van der Waals surface area (Å²) < 4.78 is 0. The summed E-state index contributed by atoms with van der Waals surface area (Å²) in [7, 11) is 1.84. The molecule has 1 unspecified atom stereocenters. The Balaban J connectivity index is 1.06. The highest BCUT2D eigenvalue weighted by Crippen LogP contribution is 2.42. The molecule has 1 amide bonds. The van der Waals surface area contributed by atoms with Crippen LogP contribution in [0.15, 0.2) is 42.2 Å². The van der Waals surface area contributed by atoms with Gasteiger partial charge >= 0.3 is 0 Å². The molecule has 6 nitrogen and oxygen atoms in total. The predicted octanol–water partition coefficient (Wildman–Crippen LogP) is 4.31. The summed E-state index contributed by atoms with van der Waals surface area (Å²) in [5.41, 5.74) is 4.91. The highest BCUT2D eigenvalue weighted by molar-refractivity contribution is 6.30. The van der Waals surface area contributed by atoms with Gasteiger partial charge in [-0.05, 0) is 61.3 Å². The van der Waals surface area contributed by atoms with Crippen LogP contribution in [0.25, 0.3) is 0 Å². The van der Waals surface area contributed by atoms with Crippen molar-refractivity contribution in [2.75, 3.05) is 41.8 Å². The summed E-state index contributed by atoms with van der Waals surface area (Å²) in [5, 5.41) is 4.12. The molecule has 0 radical (unpaired) electrons. The van der Waals surface area contributed by atoms with Crippen LogP contribution in [-0.4, -0.2) is 42.6 Å². The molecule has 3 heterocycles. The minimum atomic E-state index is 0.173. The number of nitrogens with zero attached hydrogens (tertiary/aromatic N) is 4. The summed E-state index contributed by atoms with van der Waals surface area (Å²) >= 11 is 5.89. The third kappa shape index (κ3) is 4.54. The third-order valence-electron chi connectivity index (χ3n) is 6.70. The number of carbonyl (C=O) groups excluding carboxylic acids is 1. The van der Waals surface area contributed by atoms with Crippen LogP contribution in [0.4, 0.5) is 17.3 Å². The van der Waals surface area contributed by atoms with Gasteiger partial charge in [0.05, 0.1) is 23.8 Å². The Morgan fingerprint density at radius 1 is 1.23 bits per heavy atom. The van der Waals surface area contributed by atoms with Crippen molar-refractivity contribution in [1.29, 1.82) is 0 Å². The molecular weight excluding hydrogens is 410 g/mol. The van der Waals surface area contributed by atoms with Crippen LogP contribution < -0.4 is 15.1 Å². The van der Waals surface area contributed by atoms with Crippen molar-refractivity contribution in [3.8, 4) is 0 Å². The van der Waals surface area contributed by atoms with Gasteiger partial charge in [-0.1, -0.05) is 23.3 Å². The van der Waals surface area contributed by atoms with Gasteiger partial charge in [-0.3, -0.25) is 4.79 Å². The topological polar surface area (TPSA) is 61.4 Å². The maximum absolute atomic E-state index is 11.8. The molecule has 3 aliphatic rings. The van der Waals surface area contributed by atoms with Crippen molar-refractivity contribution in [3.05, 3.63) is 52.8 Å². The van der Waals surface area contributed by atoms with E-state index in [1.807, 2.05) is 13.1 Å². The van der Waals surface area contributed by atoms with Crippen molar-refractivity contribution < 1.29 is 4.79 Å². The van der Waals surface area contributed by atoms with Crippen LogP contribution >= 0.6 is 11.6 Å². The highest BCUT2D eigenvalue weighted by Gasteiger charge is 2.31. The van der Waals surface area contributed by atoms with Crippen molar-refractivity contribution in [2.24, 2.45) is 11.8 Å². The molecule has 0 spiro atoms. The van der Waals surface area contributed by atoms with Crippen molar-refractivity contribution in [2.45, 2.75) is 32.1 Å². The van der Waals surface area contributed by atoms with Gasteiger partial charge in [-0.2, -0.15) is 0 Å². The SMILES string of the molecule is CN1C(=O)Cc2cc(NCCC3CC3=CC3CCN(c4ncc(Cl)cn4)CC3)ccc21. The van der Waals surface area contributed by atoms with E-state index in [-0.39, 0.29) is 5.91 Å². The van der Waals surface area contributed by atoms with Gasteiger partial charge < -0.3 is 15.1 Å². The first-order chi connectivity index (χ1) is 15.1. The van der Waals surface area contributed by atoms with E-state index >= 15 is 0 Å². The molecule has 5 rings (SSSR count). The Morgan fingerprint density at radius 3 is 2.77 bits per heavy atom. The lowest BCUT2D eigenvalue weighted by atomic mass is 9.96. The molecule has 162 valence electrons. The normalized spacial score (nSPS) is 22.2. The van der Waals surface area contributed by atoms with Gasteiger partial charge in [0, 0.05) is 38.1 Å². The van der Waals surface area contributed by atoms with Crippen LogP contribution in [0.1, 0.15) is 31.2 Å². The number of hydrogen-bond acceptors (Lipinski definition) is 5. The van der Waals surface area contributed by atoms with E-state index in [0.29, 0.717) is 17.4 Å². The fourth-order valence-electron chi connectivity index (χ4n) is 4.73. The number of amides is 1. The maximum Gasteiger partial charge on any atom is 0.231 e. The average molecular weight is 438 g/mol. The lowest BCUT2D eigenvalue weighted by Crippen LogP contribution is -2.34. The number of allylic oxidation sites excluding steroid dienone is 2. The summed E-state index contributed by atoms with van der Waals surface area (Å²) in [6.07, 6.45) is 11.1. The zero-order chi connectivity index (χ0) is 21.4. The Kier molecular flexibility index (Phi) is 5.57. The Bertz CT molecular complexity index is 998. The van der Waals surface area contributed by atoms with Gasteiger partial charge in [-0.25, -0.2) is 9.97 Å². The van der Waals surface area contributed by atoms with Crippen LogP contribution in [0, 0.1) is 11.8 Å². The standard InChI is InChI=1S/C24H28ClN5O/c1-29-22-3-2-21(12-19(22)13-23(29)31)26-7-4-17-11-18(17)10-16-5-8-30(9-6-16)24-27-14-20(25)15-28-24/h2-3,10,12,14-17,26H,4-9,11,13H2,1H3. The van der Waals surface area contributed by atoms with E-state index in [9.17, 15) is 4.79 Å². The summed E-state index contributed by atoms with van der Waals surface area (Å²) in [6.45, 7) is 2.97. The minimum absolute atomic E-state index is 0.173. The molecule has 2 aromatic rings. The van der Waals surface area contributed by atoms with Gasteiger partial charge in [-0.15, -0.1) is 0 Å². The highest BCUT2D eigenvalue weighted by atomic mass is 35.5. The zero-order valence-electron chi connectivity index (χ0n) is 17.9. The number of aromatic nitrogens is 2. The molecule has 2 aliphatic heterocycles. The first-order valence-electron chi connectivity index (χ1n) is 11.1. The molecular formula is C24H28ClN5O. The molecule has 1 aromatic carbocycles. The molecule has 0 bridgehead atoms. The minimum Gasteiger partial charge on any atom is -0.385 e. The van der Waals surface area contributed by atoms with Crippen molar-refractivity contribution in [1.82, 2.24) is 9.97 Å². The summed E-state index contributed by atoms with van der Waals surface area (Å²) in [5.74, 6) is 2.36. The number of anilines is 3. The number of likely N-dealkylation sites (N-methyl/N-ethyl adjacent to an activating group) is 1. The fourth-order valence-corrected chi connectivity index (χ4v) is 4.82. The molecule has 1 saturated heterocycles. The van der Waals surface area contributed by atoms with Gasteiger partial charge in [0.15, 0.2) is 0 Å². The van der Waals surface area contributed by atoms with Gasteiger partial charge in [0.25, 0.3) is 0 Å². The first-order valence-corrected chi connectivity index (χ1v) is 11.5. The fraction of sp³-hybridized carbons (Fsp3) is 0.458. The molecule has 1 aliphatic carbocycles. The number of halogens is 1. The predicted molar refractivity (Wildman–Crippen MR) is 125 cm³/mol. The van der Waals surface area contributed by atoms with E-state index in [1.54, 1.807) is 22.9 Å². The molecule has 1 saturated carbocycles. The Labute approximate surface area is 188 Å². The van der Waals surface area contributed by atoms with E-state index in [1.165, 1.54) is 12.8 Å². The number of nitrogens with one attached hydrogen (secondary N) is 1. The second-order valence-corrected chi connectivity index (χ2v) is 9.29. The largest absolute Gasteiger partial charge is 0.385 e. The van der Waals surface area contributed by atoms with Crippen LogP contribution in [0.5, 0.6) is 0 Å².